The minimum atomic E-state index is -1.08. The molecule has 1 N–H and O–H groups in total. The van der Waals surface area contributed by atoms with Crippen LogP contribution in [-0.2, 0) is 9.59 Å². The Kier molecular flexibility index (Phi) is 6.54. The molecule has 0 aromatic carbocycles. The maximum Gasteiger partial charge on any atom is 0.328 e. The minimum Gasteiger partial charge on any atom is -0.478 e. The molecular formula is C13H23NO3. The Morgan fingerprint density at radius 1 is 1.18 bits per heavy atom. The molecule has 0 spiro atoms. The van der Waals surface area contributed by atoms with Gasteiger partial charge in [0.05, 0.1) is 0 Å². The van der Waals surface area contributed by atoms with E-state index in [1.165, 1.54) is 0 Å². The molecule has 0 aromatic rings. The van der Waals surface area contributed by atoms with E-state index in [9.17, 15) is 9.59 Å². The van der Waals surface area contributed by atoms with Gasteiger partial charge in [0.25, 0.3) is 0 Å². The molecule has 4 heteroatoms. The summed E-state index contributed by atoms with van der Waals surface area (Å²) in [6, 6.07) is 0.240. The van der Waals surface area contributed by atoms with Crippen molar-refractivity contribution in [3.05, 3.63) is 11.6 Å². The van der Waals surface area contributed by atoms with Crippen LogP contribution >= 0.6 is 0 Å². The summed E-state index contributed by atoms with van der Waals surface area (Å²) < 4.78 is 0. The number of hydrogen-bond acceptors (Lipinski definition) is 2. The average Bonchev–Trinajstić information content (AvgIpc) is 2.27. The summed E-state index contributed by atoms with van der Waals surface area (Å²) in [7, 11) is 0. The zero-order chi connectivity index (χ0) is 13.6. The monoisotopic (exact) mass is 241 g/mol. The predicted molar refractivity (Wildman–Crippen MR) is 67.7 cm³/mol. The van der Waals surface area contributed by atoms with E-state index in [-0.39, 0.29) is 23.6 Å². The summed E-state index contributed by atoms with van der Waals surface area (Å²) in [4.78, 5) is 24.5. The van der Waals surface area contributed by atoms with Gasteiger partial charge in [0, 0.05) is 23.7 Å². The first kappa shape index (κ1) is 15.7. The van der Waals surface area contributed by atoms with Crippen LogP contribution in [-0.4, -0.2) is 34.0 Å². The molecule has 0 aliphatic rings. The third kappa shape index (κ3) is 4.59. The Hall–Kier alpha value is -1.32. The summed E-state index contributed by atoms with van der Waals surface area (Å²) in [5.74, 6) is -1.26. The van der Waals surface area contributed by atoms with Gasteiger partial charge < -0.3 is 10.0 Å². The van der Waals surface area contributed by atoms with Crippen molar-refractivity contribution in [2.75, 3.05) is 0 Å². The fraction of sp³-hybridized carbons (Fsp3) is 0.692. The Morgan fingerprint density at radius 2 is 1.59 bits per heavy atom. The number of carboxylic acids is 1. The van der Waals surface area contributed by atoms with Crippen LogP contribution in [0, 0.1) is 0 Å². The van der Waals surface area contributed by atoms with Gasteiger partial charge in [-0.25, -0.2) is 4.79 Å². The van der Waals surface area contributed by atoms with Crippen LogP contribution in [0.4, 0.5) is 0 Å². The molecule has 0 heterocycles. The first-order valence-corrected chi connectivity index (χ1v) is 6.08. The molecule has 0 bridgehead atoms. The third-order valence-electron chi connectivity index (χ3n) is 3.04. The van der Waals surface area contributed by atoms with E-state index in [1.807, 2.05) is 27.7 Å². The lowest BCUT2D eigenvalue weighted by atomic mass is 10.1. The molecule has 1 amide bonds. The van der Waals surface area contributed by atoms with Crippen LogP contribution in [0.5, 0.6) is 0 Å². The van der Waals surface area contributed by atoms with Crippen molar-refractivity contribution in [3.63, 3.8) is 0 Å². The van der Waals surface area contributed by atoms with Crippen LogP contribution < -0.4 is 0 Å². The number of hydrogen-bond donors (Lipinski definition) is 1. The number of aliphatic carboxylic acids is 1. The molecule has 0 radical (unpaired) electrons. The van der Waals surface area contributed by atoms with E-state index in [4.69, 9.17) is 5.11 Å². The fourth-order valence-corrected chi connectivity index (χ4v) is 1.68. The summed E-state index contributed by atoms with van der Waals surface area (Å²) in [6.07, 6.45) is 2.69. The second-order valence-electron chi connectivity index (χ2n) is 4.39. The normalized spacial score (nSPS) is 15.2. The van der Waals surface area contributed by atoms with Crippen LogP contribution in [0.25, 0.3) is 0 Å². The SMILES string of the molecule is CCC(C)N(C(=O)/C(C)=C\C(=O)O)C(C)CC. The Morgan fingerprint density at radius 3 is 1.88 bits per heavy atom. The number of amides is 1. The molecule has 98 valence electrons. The molecule has 2 unspecified atom stereocenters. The van der Waals surface area contributed by atoms with Crippen molar-refractivity contribution in [2.45, 2.75) is 59.5 Å². The van der Waals surface area contributed by atoms with Gasteiger partial charge in [-0.15, -0.1) is 0 Å². The van der Waals surface area contributed by atoms with Crippen molar-refractivity contribution in [3.8, 4) is 0 Å². The Balaban J connectivity index is 5.06. The lowest BCUT2D eigenvalue weighted by Crippen LogP contribution is -2.44. The van der Waals surface area contributed by atoms with Gasteiger partial charge in [-0.1, -0.05) is 13.8 Å². The van der Waals surface area contributed by atoms with E-state index < -0.39 is 5.97 Å². The molecule has 0 aliphatic carbocycles. The van der Waals surface area contributed by atoms with Crippen LogP contribution in [0.15, 0.2) is 11.6 Å². The van der Waals surface area contributed by atoms with Crippen molar-refractivity contribution in [1.82, 2.24) is 4.90 Å². The number of carboxylic acid groups (broad SMARTS) is 1. The zero-order valence-corrected chi connectivity index (χ0v) is 11.4. The average molecular weight is 241 g/mol. The van der Waals surface area contributed by atoms with E-state index in [0.29, 0.717) is 0 Å². The van der Waals surface area contributed by atoms with Crippen molar-refractivity contribution < 1.29 is 14.7 Å². The highest BCUT2D eigenvalue weighted by Gasteiger charge is 2.24. The topological polar surface area (TPSA) is 57.6 Å². The molecule has 17 heavy (non-hydrogen) atoms. The predicted octanol–water partition coefficient (Wildman–Crippen LogP) is 2.44. The van der Waals surface area contributed by atoms with Crippen LogP contribution in [0.1, 0.15) is 47.5 Å². The van der Waals surface area contributed by atoms with Crippen molar-refractivity contribution in [2.24, 2.45) is 0 Å². The van der Waals surface area contributed by atoms with E-state index in [0.717, 1.165) is 18.9 Å². The second-order valence-corrected chi connectivity index (χ2v) is 4.39. The highest BCUT2D eigenvalue weighted by molar-refractivity contribution is 5.98. The quantitative estimate of drug-likeness (QED) is 0.727. The molecule has 0 aliphatic heterocycles. The van der Waals surface area contributed by atoms with Gasteiger partial charge in [0.15, 0.2) is 0 Å². The van der Waals surface area contributed by atoms with E-state index in [1.54, 1.807) is 11.8 Å². The number of carbonyl (C=O) groups excluding carboxylic acids is 1. The van der Waals surface area contributed by atoms with Crippen LogP contribution in [0.2, 0.25) is 0 Å². The second kappa shape index (κ2) is 7.09. The summed E-state index contributed by atoms with van der Waals surface area (Å²) >= 11 is 0. The molecule has 0 aromatic heterocycles. The lowest BCUT2D eigenvalue weighted by Gasteiger charge is -2.34. The highest BCUT2D eigenvalue weighted by atomic mass is 16.4. The zero-order valence-electron chi connectivity index (χ0n) is 11.4. The van der Waals surface area contributed by atoms with E-state index in [2.05, 4.69) is 0 Å². The highest BCUT2D eigenvalue weighted by Crippen LogP contribution is 2.15. The largest absolute Gasteiger partial charge is 0.478 e. The van der Waals surface area contributed by atoms with Gasteiger partial charge >= 0.3 is 5.97 Å². The summed E-state index contributed by atoms with van der Waals surface area (Å²) in [5, 5.41) is 8.66. The molecule has 2 atom stereocenters. The minimum absolute atomic E-state index is 0.120. The van der Waals surface area contributed by atoms with Gasteiger partial charge in [0.2, 0.25) is 5.91 Å². The maximum absolute atomic E-state index is 12.2. The molecule has 4 nitrogen and oxygen atoms in total. The maximum atomic E-state index is 12.2. The van der Waals surface area contributed by atoms with E-state index >= 15 is 0 Å². The number of nitrogens with zero attached hydrogens (tertiary/aromatic N) is 1. The van der Waals surface area contributed by atoms with Crippen molar-refractivity contribution >= 4 is 11.9 Å². The first-order chi connectivity index (χ1) is 7.84. The van der Waals surface area contributed by atoms with Gasteiger partial charge in [-0.05, 0) is 33.6 Å². The molecular weight excluding hydrogens is 218 g/mol. The van der Waals surface area contributed by atoms with Gasteiger partial charge in [0.1, 0.15) is 0 Å². The van der Waals surface area contributed by atoms with Gasteiger partial charge in [-0.3, -0.25) is 4.79 Å². The summed E-state index contributed by atoms with van der Waals surface area (Å²) in [6.45, 7) is 9.55. The Bertz CT molecular complexity index is 300. The number of rotatable bonds is 6. The third-order valence-corrected chi connectivity index (χ3v) is 3.04. The van der Waals surface area contributed by atoms with Gasteiger partial charge in [-0.2, -0.15) is 0 Å². The smallest absolute Gasteiger partial charge is 0.328 e. The number of carbonyl (C=O) groups is 2. The Labute approximate surface area is 103 Å². The first-order valence-electron chi connectivity index (χ1n) is 6.08. The fourth-order valence-electron chi connectivity index (χ4n) is 1.68. The molecule has 0 saturated heterocycles. The molecule has 0 saturated carbocycles. The van der Waals surface area contributed by atoms with Crippen LogP contribution in [0.3, 0.4) is 0 Å². The standard InChI is InChI=1S/C13H23NO3/c1-6-10(4)14(11(5)7-2)13(17)9(3)8-12(15)16/h8,10-11H,6-7H2,1-5H3,(H,15,16)/b9-8-. The lowest BCUT2D eigenvalue weighted by molar-refractivity contribution is -0.134. The molecule has 0 fully saturated rings. The summed E-state index contributed by atoms with van der Waals surface area (Å²) in [5.41, 5.74) is 0.276. The van der Waals surface area contributed by atoms with Crippen molar-refractivity contribution in [1.29, 1.82) is 0 Å². The molecule has 0 rings (SSSR count).